The summed E-state index contributed by atoms with van der Waals surface area (Å²) in [5, 5.41) is 0. The normalized spacial score (nSPS) is 44.3. The number of Topliss-reactive ketones (excluding diaryl/α,β-unsaturated/α-hetero) is 1. The summed E-state index contributed by atoms with van der Waals surface area (Å²) in [7, 11) is 0. The average Bonchev–Trinajstić information content (AvgIpc) is 2.58. The molecule has 0 saturated heterocycles. The predicted octanol–water partition coefficient (Wildman–Crippen LogP) is 2.57. The van der Waals surface area contributed by atoms with Gasteiger partial charge in [-0.2, -0.15) is 0 Å². The molecular weight excluding hydrogens is 148 g/mol. The monoisotopic (exact) mass is 164 g/mol. The highest BCUT2D eigenvalue weighted by atomic mass is 16.1. The molecule has 0 N–H and O–H groups in total. The minimum Gasteiger partial charge on any atom is -0.299 e. The topological polar surface area (TPSA) is 17.1 Å². The Hall–Kier alpha value is -0.590. The van der Waals surface area contributed by atoms with Crippen molar-refractivity contribution in [2.45, 2.75) is 33.1 Å². The third-order valence-corrected chi connectivity index (χ3v) is 3.26. The van der Waals surface area contributed by atoms with Crippen LogP contribution in [0.25, 0.3) is 0 Å². The van der Waals surface area contributed by atoms with Crippen LogP contribution in [-0.4, -0.2) is 5.78 Å². The molecular formula is C11H16O. The summed E-state index contributed by atoms with van der Waals surface area (Å²) in [6, 6.07) is 0. The van der Waals surface area contributed by atoms with E-state index in [1.165, 1.54) is 6.42 Å². The van der Waals surface area contributed by atoms with Crippen molar-refractivity contribution < 1.29 is 4.79 Å². The van der Waals surface area contributed by atoms with Crippen LogP contribution in [0.1, 0.15) is 33.1 Å². The highest BCUT2D eigenvalue weighted by Gasteiger charge is 2.58. The molecule has 1 heteroatoms. The zero-order chi connectivity index (χ0) is 8.93. The molecule has 12 heavy (non-hydrogen) atoms. The Bertz CT molecular complexity index is 254. The van der Waals surface area contributed by atoms with Crippen molar-refractivity contribution in [3.05, 3.63) is 12.2 Å². The number of carbonyl (C=O) groups excluding carboxylic acids is 1. The minimum atomic E-state index is -0.0422. The molecule has 0 radical (unpaired) electrons. The highest BCUT2D eigenvalue weighted by Crippen LogP contribution is 2.58. The average molecular weight is 164 g/mol. The van der Waals surface area contributed by atoms with Gasteiger partial charge in [0, 0.05) is 11.3 Å². The van der Waals surface area contributed by atoms with Gasteiger partial charge in [-0.25, -0.2) is 0 Å². The summed E-state index contributed by atoms with van der Waals surface area (Å²) in [6.45, 7) is 8.01. The first kappa shape index (κ1) is 8.03. The second-order valence-electron chi connectivity index (χ2n) is 4.87. The number of fused-ring (bicyclic) bond motifs is 1. The summed E-state index contributed by atoms with van der Waals surface area (Å²) in [5.74, 6) is 1.69. The van der Waals surface area contributed by atoms with E-state index in [0.717, 1.165) is 24.3 Å². The van der Waals surface area contributed by atoms with Crippen LogP contribution in [-0.2, 0) is 4.79 Å². The van der Waals surface area contributed by atoms with E-state index in [1.54, 1.807) is 0 Å². The number of hydrogen-bond acceptors (Lipinski definition) is 1. The zero-order valence-electron chi connectivity index (χ0n) is 7.89. The molecule has 2 aliphatic rings. The molecule has 1 nitrogen and oxygen atoms in total. The van der Waals surface area contributed by atoms with Gasteiger partial charge in [-0.05, 0) is 32.1 Å². The van der Waals surface area contributed by atoms with Crippen LogP contribution >= 0.6 is 0 Å². The maximum absolute atomic E-state index is 11.8. The first-order valence-electron chi connectivity index (χ1n) is 4.72. The molecule has 0 bridgehead atoms. The number of ketones is 1. The molecule has 66 valence electrons. The molecule has 0 unspecified atom stereocenters. The summed E-state index contributed by atoms with van der Waals surface area (Å²) < 4.78 is 0. The van der Waals surface area contributed by atoms with E-state index < -0.39 is 0 Å². The Morgan fingerprint density at radius 1 is 1.75 bits per heavy atom. The van der Waals surface area contributed by atoms with Crippen molar-refractivity contribution in [1.82, 2.24) is 0 Å². The molecule has 2 aliphatic carbocycles. The molecule has 0 spiro atoms. The largest absolute Gasteiger partial charge is 0.299 e. The van der Waals surface area contributed by atoms with Crippen LogP contribution in [0, 0.1) is 17.3 Å². The molecule has 0 aromatic rings. The first-order chi connectivity index (χ1) is 5.53. The van der Waals surface area contributed by atoms with Crippen LogP contribution in [0.4, 0.5) is 0 Å². The molecule has 0 aromatic carbocycles. The van der Waals surface area contributed by atoms with Crippen molar-refractivity contribution in [3.63, 3.8) is 0 Å². The van der Waals surface area contributed by atoms with E-state index >= 15 is 0 Å². The van der Waals surface area contributed by atoms with Gasteiger partial charge < -0.3 is 0 Å². The van der Waals surface area contributed by atoms with Gasteiger partial charge in [0.25, 0.3) is 0 Å². The van der Waals surface area contributed by atoms with E-state index in [1.807, 2.05) is 6.92 Å². The van der Waals surface area contributed by atoms with Gasteiger partial charge in [0.15, 0.2) is 0 Å². The quantitative estimate of drug-likeness (QED) is 0.573. The van der Waals surface area contributed by atoms with Crippen molar-refractivity contribution in [3.8, 4) is 0 Å². The first-order valence-corrected chi connectivity index (χ1v) is 4.72. The lowest BCUT2D eigenvalue weighted by molar-refractivity contribution is -0.127. The van der Waals surface area contributed by atoms with E-state index in [9.17, 15) is 4.79 Å². The minimum absolute atomic E-state index is 0.0422. The summed E-state index contributed by atoms with van der Waals surface area (Å²) in [5.41, 5.74) is 1.10. The van der Waals surface area contributed by atoms with Crippen LogP contribution in [0.3, 0.4) is 0 Å². The molecule has 2 rings (SSSR count). The summed E-state index contributed by atoms with van der Waals surface area (Å²) in [6.07, 6.45) is 3.19. The van der Waals surface area contributed by atoms with Crippen LogP contribution in [0.2, 0.25) is 0 Å². The van der Waals surface area contributed by atoms with Gasteiger partial charge in [-0.15, -0.1) is 6.58 Å². The fourth-order valence-electron chi connectivity index (χ4n) is 2.75. The maximum Gasteiger partial charge on any atom is 0.142 e. The molecule has 2 saturated carbocycles. The Kier molecular flexibility index (Phi) is 1.48. The second-order valence-corrected chi connectivity index (χ2v) is 4.87. The van der Waals surface area contributed by atoms with Gasteiger partial charge in [-0.1, -0.05) is 12.5 Å². The number of hydrogen-bond donors (Lipinski definition) is 0. The van der Waals surface area contributed by atoms with Gasteiger partial charge >= 0.3 is 0 Å². The van der Waals surface area contributed by atoms with E-state index in [-0.39, 0.29) is 5.41 Å². The number of rotatable bonds is 2. The summed E-state index contributed by atoms with van der Waals surface area (Å²) >= 11 is 0. The Morgan fingerprint density at radius 3 is 2.83 bits per heavy atom. The number of allylic oxidation sites excluding steroid dienone is 1. The third kappa shape index (κ3) is 1.03. The van der Waals surface area contributed by atoms with Gasteiger partial charge in [-0.3, -0.25) is 4.79 Å². The van der Waals surface area contributed by atoms with Crippen molar-refractivity contribution >= 4 is 5.78 Å². The molecule has 3 atom stereocenters. The fraction of sp³-hybridized carbons (Fsp3) is 0.727. The standard InChI is InChI=1S/C11H16O/c1-7(2)5-11(3)6-8-4-9(8)10(11)12/h8-9H,1,4-6H2,2-3H3/t8-,9-,11-/m0/s1. The van der Waals surface area contributed by atoms with Gasteiger partial charge in [0.2, 0.25) is 0 Å². The van der Waals surface area contributed by atoms with E-state index in [0.29, 0.717) is 11.7 Å². The van der Waals surface area contributed by atoms with Gasteiger partial charge in [0.05, 0.1) is 0 Å². The van der Waals surface area contributed by atoms with Crippen LogP contribution in [0.15, 0.2) is 12.2 Å². The molecule has 0 amide bonds. The molecule has 0 heterocycles. The Morgan fingerprint density at radius 2 is 2.42 bits per heavy atom. The number of carbonyl (C=O) groups is 1. The lowest BCUT2D eigenvalue weighted by Crippen LogP contribution is -2.25. The van der Waals surface area contributed by atoms with E-state index in [2.05, 4.69) is 13.5 Å². The predicted molar refractivity (Wildman–Crippen MR) is 48.8 cm³/mol. The van der Waals surface area contributed by atoms with Crippen molar-refractivity contribution in [2.75, 3.05) is 0 Å². The van der Waals surface area contributed by atoms with Crippen molar-refractivity contribution in [2.24, 2.45) is 17.3 Å². The molecule has 0 aromatic heterocycles. The Balaban J connectivity index is 2.12. The molecule has 2 fully saturated rings. The van der Waals surface area contributed by atoms with Crippen LogP contribution in [0.5, 0.6) is 0 Å². The second kappa shape index (κ2) is 2.21. The maximum atomic E-state index is 11.8. The SMILES string of the molecule is C=C(C)C[C@@]1(C)C[C@@H]2C[C@@H]2C1=O. The fourth-order valence-corrected chi connectivity index (χ4v) is 2.75. The summed E-state index contributed by atoms with van der Waals surface area (Å²) in [4.78, 5) is 11.8. The Labute approximate surface area is 73.8 Å². The third-order valence-electron chi connectivity index (χ3n) is 3.26. The highest BCUT2D eigenvalue weighted by molar-refractivity contribution is 5.92. The lowest BCUT2D eigenvalue weighted by Gasteiger charge is -2.23. The lowest BCUT2D eigenvalue weighted by atomic mass is 9.79. The van der Waals surface area contributed by atoms with E-state index in [4.69, 9.17) is 0 Å². The zero-order valence-corrected chi connectivity index (χ0v) is 7.89. The van der Waals surface area contributed by atoms with Crippen molar-refractivity contribution in [1.29, 1.82) is 0 Å². The van der Waals surface area contributed by atoms with Gasteiger partial charge in [0.1, 0.15) is 5.78 Å². The van der Waals surface area contributed by atoms with Crippen LogP contribution < -0.4 is 0 Å². The molecule has 0 aliphatic heterocycles. The smallest absolute Gasteiger partial charge is 0.142 e.